The predicted molar refractivity (Wildman–Crippen MR) is 228 cm³/mol. The van der Waals surface area contributed by atoms with E-state index in [1.54, 1.807) is 32.6 Å². The molecule has 1 aliphatic rings. The molecular formula is C44H54N7O8P. The zero-order valence-corrected chi connectivity index (χ0v) is 36.2. The molecule has 1 amide bonds. The van der Waals surface area contributed by atoms with Crippen LogP contribution in [0.5, 0.6) is 11.5 Å². The Labute approximate surface area is 351 Å². The second kappa shape index (κ2) is 19.9. The fourth-order valence-corrected chi connectivity index (χ4v) is 8.93. The molecule has 15 nitrogen and oxygen atoms in total. The maximum atomic E-state index is 13.3. The molecule has 16 heteroatoms. The first-order valence-electron chi connectivity index (χ1n) is 20.1. The number of hydrogen-bond acceptors (Lipinski definition) is 12. The normalized spacial score (nSPS) is 17.4. The third-order valence-corrected chi connectivity index (χ3v) is 12.3. The molecule has 1 saturated heterocycles. The summed E-state index contributed by atoms with van der Waals surface area (Å²) in [6.07, 6.45) is -0.0630. The highest BCUT2D eigenvalue weighted by Crippen LogP contribution is 2.49. The summed E-state index contributed by atoms with van der Waals surface area (Å²) in [6.45, 7) is 12.1. The molecule has 60 heavy (non-hydrogen) atoms. The maximum Gasteiger partial charge on any atom is 0.280 e. The van der Waals surface area contributed by atoms with Gasteiger partial charge in [0.15, 0.2) is 11.2 Å². The summed E-state index contributed by atoms with van der Waals surface area (Å²) in [5, 5.41) is 12.0. The number of ether oxygens (including phenoxy) is 4. The van der Waals surface area contributed by atoms with Crippen molar-refractivity contribution < 1.29 is 32.8 Å². The Balaban J connectivity index is 1.48. The number of methoxy groups -OCH3 is 2. The van der Waals surface area contributed by atoms with E-state index in [-0.39, 0.29) is 67.1 Å². The summed E-state index contributed by atoms with van der Waals surface area (Å²) >= 11 is 0. The van der Waals surface area contributed by atoms with Crippen LogP contribution in [0, 0.1) is 17.2 Å². The second-order valence-corrected chi connectivity index (χ2v) is 16.7. The Morgan fingerprint density at radius 3 is 2.10 bits per heavy atom. The van der Waals surface area contributed by atoms with E-state index >= 15 is 0 Å². The van der Waals surface area contributed by atoms with Crippen molar-refractivity contribution in [1.82, 2.24) is 24.2 Å². The number of carbonyl (C=O) groups is 1. The lowest BCUT2D eigenvalue weighted by Crippen LogP contribution is -2.41. The van der Waals surface area contributed by atoms with Crippen molar-refractivity contribution in [1.29, 1.82) is 5.26 Å². The van der Waals surface area contributed by atoms with Gasteiger partial charge < -0.3 is 28.0 Å². The van der Waals surface area contributed by atoms with Gasteiger partial charge in [0, 0.05) is 24.4 Å². The van der Waals surface area contributed by atoms with Gasteiger partial charge in [0.05, 0.1) is 52.4 Å². The summed E-state index contributed by atoms with van der Waals surface area (Å²) in [5.74, 6) is 0.739. The van der Waals surface area contributed by atoms with E-state index < -0.39 is 38.1 Å². The smallest absolute Gasteiger partial charge is 0.280 e. The topological polar surface area (TPSA) is 175 Å². The van der Waals surface area contributed by atoms with Crippen molar-refractivity contribution in [3.63, 3.8) is 0 Å². The number of carbonyl (C=O) groups excluding carboxylic acids is 1. The van der Waals surface area contributed by atoms with E-state index in [0.29, 0.717) is 11.5 Å². The van der Waals surface area contributed by atoms with Gasteiger partial charge in [-0.15, -0.1) is 0 Å². The number of H-pyrrole nitrogens is 1. The Morgan fingerprint density at radius 1 is 0.950 bits per heavy atom. The first-order valence-corrected chi connectivity index (χ1v) is 21.2. The number of benzene rings is 3. The third-order valence-electron chi connectivity index (χ3n) is 10.2. The number of aromatic amines is 1. The highest BCUT2D eigenvalue weighted by Gasteiger charge is 2.47. The molecule has 2 aromatic heterocycles. The van der Waals surface area contributed by atoms with E-state index in [9.17, 15) is 14.9 Å². The SMILES string of the molecule is COc1ccc(C(OC2CC(n3cnc4c(=O)[nH]c(NC(=O)C(C)C)nc43)OC2COP(OCCC#N)N(C(C)C)C(C)C)(c2ccccc2)c2ccc(OC)cc2)cc1. The lowest BCUT2D eigenvalue weighted by molar-refractivity contribution is -0.118. The molecule has 4 unspecified atom stereocenters. The molecular weight excluding hydrogens is 785 g/mol. The molecule has 5 aromatic rings. The van der Waals surface area contributed by atoms with E-state index in [1.807, 2.05) is 78.9 Å². The Bertz CT molecular complexity index is 2220. The van der Waals surface area contributed by atoms with E-state index in [4.69, 9.17) is 28.0 Å². The largest absolute Gasteiger partial charge is 0.497 e. The monoisotopic (exact) mass is 839 g/mol. The molecule has 0 saturated carbocycles. The number of hydrogen-bond donors (Lipinski definition) is 2. The summed E-state index contributed by atoms with van der Waals surface area (Å²) < 4.78 is 42.5. The first-order chi connectivity index (χ1) is 28.9. The molecule has 6 rings (SSSR count). The Hall–Kier alpha value is -5.20. The van der Waals surface area contributed by atoms with Crippen LogP contribution >= 0.6 is 8.53 Å². The standard InChI is InChI=1S/C44H54N7O8P/c1-28(2)41(52)48-43-47-40-39(42(53)49-43)46-27-50(40)38-25-36(37(58-38)26-57-60(56-24-12-23-45)51(29(3)4)30(5)6)59-44(31-13-10-9-11-14-31,32-15-19-34(54-7)20-16-32)33-17-21-35(55-8)22-18-33/h9-11,13-22,27-30,36-38H,12,24-26H2,1-8H3,(H2,47,48,49,52,53). The molecule has 0 spiro atoms. The highest BCUT2D eigenvalue weighted by molar-refractivity contribution is 7.44. The molecule has 318 valence electrons. The number of aromatic nitrogens is 4. The third kappa shape index (κ3) is 9.71. The van der Waals surface area contributed by atoms with Gasteiger partial charge >= 0.3 is 0 Å². The number of rotatable bonds is 19. The Kier molecular flexibility index (Phi) is 14.7. The van der Waals surface area contributed by atoms with Crippen LogP contribution in [0.2, 0.25) is 0 Å². The molecule has 1 aliphatic heterocycles. The van der Waals surface area contributed by atoms with Crippen LogP contribution in [0.3, 0.4) is 0 Å². The lowest BCUT2D eigenvalue weighted by Gasteiger charge is -2.40. The number of amides is 1. The summed E-state index contributed by atoms with van der Waals surface area (Å²) in [4.78, 5) is 37.6. The molecule has 3 heterocycles. The Morgan fingerprint density at radius 2 is 1.55 bits per heavy atom. The fourth-order valence-electron chi connectivity index (χ4n) is 7.31. The number of nitrogens with zero attached hydrogens (tertiary/aromatic N) is 5. The number of anilines is 1. The zero-order chi connectivity index (χ0) is 43.0. The molecule has 4 atom stereocenters. The average Bonchev–Trinajstić information content (AvgIpc) is 3.86. The maximum absolute atomic E-state index is 13.3. The quantitative estimate of drug-likeness (QED) is 0.0472. The fraction of sp³-hybridized carbons (Fsp3) is 0.432. The summed E-state index contributed by atoms with van der Waals surface area (Å²) in [7, 11) is 1.62. The molecule has 0 bridgehead atoms. The van der Waals surface area contributed by atoms with Gasteiger partial charge in [-0.25, -0.2) is 9.65 Å². The van der Waals surface area contributed by atoms with Crippen LogP contribution in [0.4, 0.5) is 5.95 Å². The van der Waals surface area contributed by atoms with Crippen molar-refractivity contribution in [3.8, 4) is 17.6 Å². The average molecular weight is 840 g/mol. The predicted octanol–water partition coefficient (Wildman–Crippen LogP) is 7.69. The van der Waals surface area contributed by atoms with Gasteiger partial charge in [-0.05, 0) is 68.7 Å². The van der Waals surface area contributed by atoms with Crippen LogP contribution in [0.25, 0.3) is 11.2 Å². The van der Waals surface area contributed by atoms with Gasteiger partial charge in [-0.2, -0.15) is 10.2 Å². The number of fused-ring (bicyclic) bond motifs is 1. The van der Waals surface area contributed by atoms with Crippen LogP contribution in [-0.4, -0.2) is 81.8 Å². The lowest BCUT2D eigenvalue weighted by atomic mass is 9.79. The van der Waals surface area contributed by atoms with Gasteiger partial charge in [0.2, 0.25) is 11.9 Å². The van der Waals surface area contributed by atoms with E-state index in [2.05, 4.69) is 58.7 Å². The number of imidazole rings is 1. The van der Waals surface area contributed by atoms with Crippen LogP contribution in [-0.2, 0) is 28.9 Å². The molecule has 3 aromatic carbocycles. The van der Waals surface area contributed by atoms with Gasteiger partial charge in [0.25, 0.3) is 14.1 Å². The van der Waals surface area contributed by atoms with Crippen LogP contribution in [0.1, 0.15) is 77.3 Å². The van der Waals surface area contributed by atoms with Gasteiger partial charge in [-0.1, -0.05) is 68.4 Å². The second-order valence-electron chi connectivity index (χ2n) is 15.3. The van der Waals surface area contributed by atoms with Crippen molar-refractivity contribution in [2.24, 2.45) is 5.92 Å². The minimum absolute atomic E-state index is 0.00311. The van der Waals surface area contributed by atoms with E-state index in [0.717, 1.165) is 16.7 Å². The molecule has 0 radical (unpaired) electrons. The van der Waals surface area contributed by atoms with Crippen LogP contribution < -0.4 is 20.3 Å². The minimum atomic E-state index is -1.63. The molecule has 2 N–H and O–H groups in total. The van der Waals surface area contributed by atoms with Crippen LogP contribution in [0.15, 0.2) is 90.0 Å². The summed E-state index contributed by atoms with van der Waals surface area (Å²) in [6, 6.07) is 27.9. The van der Waals surface area contributed by atoms with Crippen molar-refractivity contribution in [3.05, 3.63) is 112 Å². The van der Waals surface area contributed by atoms with Crippen molar-refractivity contribution in [2.45, 2.75) is 90.5 Å². The zero-order valence-electron chi connectivity index (χ0n) is 35.3. The highest BCUT2D eigenvalue weighted by atomic mass is 31.2. The van der Waals surface area contributed by atoms with E-state index in [1.165, 1.54) is 6.33 Å². The summed E-state index contributed by atoms with van der Waals surface area (Å²) in [5.41, 5.74) is 1.15. The first kappa shape index (κ1) is 44.4. The van der Waals surface area contributed by atoms with Crippen molar-refractivity contribution in [2.75, 3.05) is 32.8 Å². The molecule has 1 fully saturated rings. The molecule has 0 aliphatic carbocycles. The van der Waals surface area contributed by atoms with Gasteiger partial charge in [-0.3, -0.25) is 24.5 Å². The number of nitriles is 1. The van der Waals surface area contributed by atoms with Crippen molar-refractivity contribution >= 4 is 31.5 Å². The number of nitrogens with one attached hydrogen (secondary N) is 2. The van der Waals surface area contributed by atoms with Gasteiger partial charge in [0.1, 0.15) is 29.4 Å². The minimum Gasteiger partial charge on any atom is -0.497 e.